The average Bonchev–Trinajstić information content (AvgIpc) is 3.16. The Labute approximate surface area is 145 Å². The normalized spacial score (nSPS) is 17.2. The number of hydrogen-bond donors (Lipinski definition) is 1. The maximum atomic E-state index is 12.4. The van der Waals surface area contributed by atoms with Crippen LogP contribution in [0.25, 0.3) is 10.8 Å². The number of furan rings is 1. The molecule has 6 nitrogen and oxygen atoms in total. The predicted octanol–water partition coefficient (Wildman–Crippen LogP) is 1.78. The highest BCUT2D eigenvalue weighted by atomic mass is 32.1. The van der Waals surface area contributed by atoms with Crippen molar-refractivity contribution < 1.29 is 14.3 Å². The lowest BCUT2D eigenvalue weighted by atomic mass is 10.2. The molecule has 0 radical (unpaired) electrons. The molecule has 1 fully saturated rings. The minimum absolute atomic E-state index is 0.110. The van der Waals surface area contributed by atoms with Crippen LogP contribution in [0.5, 0.6) is 0 Å². The number of aromatic nitrogens is 1. The molecule has 0 saturated carbocycles. The molecule has 0 bridgehead atoms. The molecule has 1 unspecified atom stereocenters. The van der Waals surface area contributed by atoms with Crippen molar-refractivity contribution in [3.63, 3.8) is 0 Å². The van der Waals surface area contributed by atoms with Crippen LogP contribution in [0.15, 0.2) is 21.9 Å². The summed E-state index contributed by atoms with van der Waals surface area (Å²) in [5, 5.41) is 12.2. The monoisotopic (exact) mass is 349 g/mol. The molecule has 7 heteroatoms. The molecule has 1 N–H and O–H groups in total. The van der Waals surface area contributed by atoms with Crippen LogP contribution in [-0.4, -0.2) is 64.6 Å². The van der Waals surface area contributed by atoms with Gasteiger partial charge in [0.1, 0.15) is 5.76 Å². The molecule has 2 aromatic rings. The number of aliphatic hydroxyl groups is 1. The summed E-state index contributed by atoms with van der Waals surface area (Å²) < 4.78 is 5.57. The Hall–Kier alpha value is -1.70. The van der Waals surface area contributed by atoms with Crippen LogP contribution in [0.3, 0.4) is 0 Å². The summed E-state index contributed by atoms with van der Waals surface area (Å²) in [5.41, 5.74) is 0.792. The molecule has 0 aromatic carbocycles. The van der Waals surface area contributed by atoms with Gasteiger partial charge in [-0.05, 0) is 26.0 Å². The van der Waals surface area contributed by atoms with E-state index < -0.39 is 0 Å². The molecule has 3 rings (SSSR count). The number of aryl methyl sites for hydroxylation is 1. The van der Waals surface area contributed by atoms with E-state index in [1.54, 1.807) is 6.92 Å². The zero-order valence-electron chi connectivity index (χ0n) is 14.1. The summed E-state index contributed by atoms with van der Waals surface area (Å²) in [6, 6.07) is 3.81. The number of nitrogens with zero attached hydrogens (tertiary/aromatic N) is 3. The number of amides is 1. The van der Waals surface area contributed by atoms with Crippen LogP contribution in [0, 0.1) is 6.92 Å². The molecule has 0 aliphatic carbocycles. The summed E-state index contributed by atoms with van der Waals surface area (Å²) in [7, 11) is 0. The second-order valence-electron chi connectivity index (χ2n) is 6.26. The van der Waals surface area contributed by atoms with Crippen LogP contribution in [0.4, 0.5) is 0 Å². The molecule has 0 spiro atoms. The first-order valence-corrected chi connectivity index (χ1v) is 9.08. The Morgan fingerprint density at radius 2 is 2.12 bits per heavy atom. The van der Waals surface area contributed by atoms with Crippen molar-refractivity contribution in [2.75, 3.05) is 32.7 Å². The fourth-order valence-corrected chi connectivity index (χ4v) is 3.65. The molecule has 24 heavy (non-hydrogen) atoms. The zero-order chi connectivity index (χ0) is 17.1. The lowest BCUT2D eigenvalue weighted by Gasteiger charge is -2.35. The number of rotatable bonds is 5. The Morgan fingerprint density at radius 1 is 1.38 bits per heavy atom. The quantitative estimate of drug-likeness (QED) is 0.891. The average molecular weight is 349 g/mol. The Bertz CT molecular complexity index is 687. The van der Waals surface area contributed by atoms with Gasteiger partial charge in [0.2, 0.25) is 5.91 Å². The third-order valence-corrected chi connectivity index (χ3v) is 4.99. The predicted molar refractivity (Wildman–Crippen MR) is 93.0 cm³/mol. The Kier molecular flexibility index (Phi) is 5.33. The van der Waals surface area contributed by atoms with E-state index in [1.165, 1.54) is 11.3 Å². The lowest BCUT2D eigenvalue weighted by molar-refractivity contribution is -0.132. The standard InChI is InChI=1S/C17H23N3O3S/c1-12(21)10-19-5-7-20(8-6-19)16(22)9-14-11-24-17(18-14)15-4-3-13(2)23-15/h3-4,11-12,21H,5-10H2,1-2H3. The molecule has 1 aliphatic rings. The Balaban J connectivity index is 1.53. The van der Waals surface area contributed by atoms with Crippen molar-refractivity contribution in [3.05, 3.63) is 29.0 Å². The van der Waals surface area contributed by atoms with Gasteiger partial charge in [-0.15, -0.1) is 11.3 Å². The van der Waals surface area contributed by atoms with E-state index in [4.69, 9.17) is 4.42 Å². The number of thiazole rings is 1. The number of piperazine rings is 1. The van der Waals surface area contributed by atoms with E-state index in [2.05, 4.69) is 9.88 Å². The van der Waals surface area contributed by atoms with Gasteiger partial charge >= 0.3 is 0 Å². The summed E-state index contributed by atoms with van der Waals surface area (Å²) >= 11 is 1.50. The highest BCUT2D eigenvalue weighted by Gasteiger charge is 2.22. The Morgan fingerprint density at radius 3 is 2.75 bits per heavy atom. The van der Waals surface area contributed by atoms with Gasteiger partial charge < -0.3 is 14.4 Å². The summed E-state index contributed by atoms with van der Waals surface area (Å²) in [4.78, 5) is 21.0. The van der Waals surface area contributed by atoms with Crippen molar-refractivity contribution in [2.45, 2.75) is 26.4 Å². The smallest absolute Gasteiger partial charge is 0.228 e. The van der Waals surface area contributed by atoms with Crippen LogP contribution < -0.4 is 0 Å². The minimum Gasteiger partial charge on any atom is -0.459 e. The van der Waals surface area contributed by atoms with Crippen LogP contribution in [0.1, 0.15) is 18.4 Å². The summed E-state index contributed by atoms with van der Waals surface area (Å²) in [6.07, 6.45) is -0.00187. The molecular weight excluding hydrogens is 326 g/mol. The van der Waals surface area contributed by atoms with Gasteiger partial charge in [0, 0.05) is 38.1 Å². The maximum absolute atomic E-state index is 12.4. The first-order valence-electron chi connectivity index (χ1n) is 8.20. The lowest BCUT2D eigenvalue weighted by Crippen LogP contribution is -2.50. The molecule has 3 heterocycles. The van der Waals surface area contributed by atoms with E-state index in [0.717, 1.165) is 35.3 Å². The highest BCUT2D eigenvalue weighted by molar-refractivity contribution is 7.13. The zero-order valence-corrected chi connectivity index (χ0v) is 14.9. The van der Waals surface area contributed by atoms with Crippen molar-refractivity contribution >= 4 is 17.2 Å². The number of β-amino-alcohol motifs (C(OH)–C–C–N with tert-alkyl or cyclic N) is 1. The number of aliphatic hydroxyl groups excluding tert-OH is 1. The number of hydrogen-bond acceptors (Lipinski definition) is 6. The second-order valence-corrected chi connectivity index (χ2v) is 7.12. The summed E-state index contributed by atoms with van der Waals surface area (Å²) in [6.45, 7) is 7.39. The van der Waals surface area contributed by atoms with Crippen LogP contribution in [-0.2, 0) is 11.2 Å². The van der Waals surface area contributed by atoms with Crippen molar-refractivity contribution in [2.24, 2.45) is 0 Å². The van der Waals surface area contributed by atoms with E-state index >= 15 is 0 Å². The summed E-state index contributed by atoms with van der Waals surface area (Å²) in [5.74, 6) is 1.72. The molecule has 1 amide bonds. The third kappa shape index (κ3) is 4.23. The van der Waals surface area contributed by atoms with Crippen LogP contribution >= 0.6 is 11.3 Å². The molecule has 1 saturated heterocycles. The van der Waals surface area contributed by atoms with E-state index in [1.807, 2.05) is 29.3 Å². The number of carbonyl (C=O) groups excluding carboxylic acids is 1. The molecule has 1 atom stereocenters. The van der Waals surface area contributed by atoms with Crippen molar-refractivity contribution in [1.29, 1.82) is 0 Å². The molecule has 1 aliphatic heterocycles. The van der Waals surface area contributed by atoms with Gasteiger partial charge in [-0.2, -0.15) is 0 Å². The van der Waals surface area contributed by atoms with Gasteiger partial charge in [0.05, 0.1) is 18.2 Å². The maximum Gasteiger partial charge on any atom is 0.228 e. The SMILES string of the molecule is Cc1ccc(-c2nc(CC(=O)N3CCN(CC(C)O)CC3)cs2)o1. The largest absolute Gasteiger partial charge is 0.459 e. The van der Waals surface area contributed by atoms with Gasteiger partial charge in [-0.25, -0.2) is 4.98 Å². The van der Waals surface area contributed by atoms with E-state index in [-0.39, 0.29) is 12.0 Å². The minimum atomic E-state index is -0.328. The van der Waals surface area contributed by atoms with E-state index in [0.29, 0.717) is 26.1 Å². The highest BCUT2D eigenvalue weighted by Crippen LogP contribution is 2.25. The molecular formula is C17H23N3O3S. The van der Waals surface area contributed by atoms with Crippen molar-refractivity contribution in [1.82, 2.24) is 14.8 Å². The second kappa shape index (κ2) is 7.46. The third-order valence-electron chi connectivity index (χ3n) is 4.08. The first kappa shape index (κ1) is 17.1. The fourth-order valence-electron chi connectivity index (χ4n) is 2.87. The van der Waals surface area contributed by atoms with Gasteiger partial charge in [0.25, 0.3) is 0 Å². The fraction of sp³-hybridized carbons (Fsp3) is 0.529. The van der Waals surface area contributed by atoms with E-state index in [9.17, 15) is 9.90 Å². The van der Waals surface area contributed by atoms with Gasteiger partial charge in [-0.3, -0.25) is 9.69 Å². The topological polar surface area (TPSA) is 69.8 Å². The molecule has 130 valence electrons. The number of carbonyl (C=O) groups is 1. The van der Waals surface area contributed by atoms with Gasteiger partial charge in [-0.1, -0.05) is 0 Å². The molecule has 2 aromatic heterocycles. The van der Waals surface area contributed by atoms with Crippen LogP contribution in [0.2, 0.25) is 0 Å². The first-order chi connectivity index (χ1) is 11.5. The van der Waals surface area contributed by atoms with Crippen molar-refractivity contribution in [3.8, 4) is 10.8 Å². The van der Waals surface area contributed by atoms with Gasteiger partial charge in [0.15, 0.2) is 10.8 Å².